The fraction of sp³-hybridized carbons (Fsp3) is 0.308. The van der Waals surface area contributed by atoms with Crippen molar-refractivity contribution >= 4 is 40.8 Å². The molecule has 1 aromatic heterocycles. The minimum atomic E-state index is 0.132. The Morgan fingerprint density at radius 2 is 1.70 bits per heavy atom. The summed E-state index contributed by atoms with van der Waals surface area (Å²) in [7, 11) is 0. The van der Waals surface area contributed by atoms with Gasteiger partial charge in [-0.15, -0.1) is 0 Å². The molecule has 0 radical (unpaired) electrons. The number of anilines is 1. The van der Waals surface area contributed by atoms with E-state index in [2.05, 4.69) is 15.0 Å². The minimum Gasteiger partial charge on any atom is -0.341 e. The quantitative estimate of drug-likeness (QED) is 0.835. The van der Waals surface area contributed by atoms with Gasteiger partial charge in [0.2, 0.25) is 11.2 Å². The van der Waals surface area contributed by atoms with Crippen molar-refractivity contribution < 1.29 is 0 Å². The lowest BCUT2D eigenvalue weighted by atomic mass is 10.2. The zero-order valence-corrected chi connectivity index (χ0v) is 13.3. The summed E-state index contributed by atoms with van der Waals surface area (Å²) in [4.78, 5) is 14.7. The van der Waals surface area contributed by atoms with Crippen molar-refractivity contribution in [3.8, 4) is 11.4 Å². The molecule has 0 amide bonds. The van der Waals surface area contributed by atoms with Gasteiger partial charge in [0, 0.05) is 23.7 Å². The maximum Gasteiger partial charge on any atom is 0.230 e. The van der Waals surface area contributed by atoms with Gasteiger partial charge in [-0.1, -0.05) is 23.2 Å². The van der Waals surface area contributed by atoms with Gasteiger partial charge in [-0.25, -0.2) is 0 Å². The maximum atomic E-state index is 6.17. The molecule has 0 atom stereocenters. The van der Waals surface area contributed by atoms with Crippen LogP contribution in [-0.2, 0) is 0 Å². The predicted octanol–water partition coefficient (Wildman–Crippen LogP) is 4.35. The van der Waals surface area contributed by atoms with E-state index in [1.165, 1.54) is 0 Å². The molecule has 0 fully saturated rings. The minimum absolute atomic E-state index is 0.132. The molecule has 7 heteroatoms. The maximum absolute atomic E-state index is 6.17. The Balaban J connectivity index is 2.54. The molecule has 0 aliphatic rings. The highest BCUT2D eigenvalue weighted by Gasteiger charge is 2.14. The molecule has 0 aliphatic heterocycles. The van der Waals surface area contributed by atoms with Crippen LogP contribution in [0.1, 0.15) is 13.8 Å². The van der Waals surface area contributed by atoms with Gasteiger partial charge in [0.1, 0.15) is 0 Å². The normalized spacial score (nSPS) is 10.7. The van der Waals surface area contributed by atoms with Crippen LogP contribution in [0.25, 0.3) is 11.4 Å². The van der Waals surface area contributed by atoms with Crippen LogP contribution in [0.4, 0.5) is 5.95 Å². The Hall–Kier alpha value is -1.10. The topological polar surface area (TPSA) is 41.9 Å². The summed E-state index contributed by atoms with van der Waals surface area (Å²) >= 11 is 18.1. The van der Waals surface area contributed by atoms with Crippen molar-refractivity contribution in [2.24, 2.45) is 0 Å². The first-order chi connectivity index (χ1) is 9.55. The van der Waals surface area contributed by atoms with Gasteiger partial charge >= 0.3 is 0 Å². The van der Waals surface area contributed by atoms with Crippen LogP contribution < -0.4 is 4.90 Å². The second-order valence-electron chi connectivity index (χ2n) is 4.02. The Morgan fingerprint density at radius 3 is 2.35 bits per heavy atom. The molecular weight excluding hydrogens is 319 g/mol. The molecular formula is C13H13Cl3N4. The van der Waals surface area contributed by atoms with E-state index in [0.29, 0.717) is 27.4 Å². The summed E-state index contributed by atoms with van der Waals surface area (Å²) in [5, 5.41) is 1.21. The van der Waals surface area contributed by atoms with Gasteiger partial charge in [0.25, 0.3) is 0 Å². The second kappa shape index (κ2) is 6.57. The number of benzene rings is 1. The molecule has 1 aromatic carbocycles. The monoisotopic (exact) mass is 330 g/mol. The number of aromatic nitrogens is 3. The van der Waals surface area contributed by atoms with Crippen LogP contribution in [-0.4, -0.2) is 28.0 Å². The van der Waals surface area contributed by atoms with Crippen molar-refractivity contribution in [3.05, 3.63) is 33.5 Å². The molecule has 0 saturated carbocycles. The molecule has 20 heavy (non-hydrogen) atoms. The van der Waals surface area contributed by atoms with Crippen LogP contribution in [0, 0.1) is 0 Å². The van der Waals surface area contributed by atoms with Crippen LogP contribution in [0.15, 0.2) is 18.2 Å². The fourth-order valence-electron chi connectivity index (χ4n) is 1.78. The molecule has 1 heterocycles. The molecule has 2 aromatic rings. The largest absolute Gasteiger partial charge is 0.341 e. The van der Waals surface area contributed by atoms with Crippen molar-refractivity contribution in [1.82, 2.24) is 15.0 Å². The van der Waals surface area contributed by atoms with E-state index < -0.39 is 0 Å². The number of rotatable bonds is 4. The van der Waals surface area contributed by atoms with Crippen LogP contribution in [0.2, 0.25) is 15.3 Å². The summed E-state index contributed by atoms with van der Waals surface area (Å²) in [5.74, 6) is 0.945. The lowest BCUT2D eigenvalue weighted by Gasteiger charge is -2.18. The Bertz CT molecular complexity index is 615. The summed E-state index contributed by atoms with van der Waals surface area (Å²) in [5.41, 5.74) is 0.636. The van der Waals surface area contributed by atoms with Gasteiger partial charge in [-0.05, 0) is 43.6 Å². The third-order valence-corrected chi connectivity index (χ3v) is 3.55. The van der Waals surface area contributed by atoms with E-state index in [1.807, 2.05) is 18.7 Å². The molecule has 0 bridgehead atoms. The van der Waals surface area contributed by atoms with Crippen LogP contribution >= 0.6 is 34.8 Å². The number of halogens is 3. The van der Waals surface area contributed by atoms with Crippen molar-refractivity contribution in [2.45, 2.75) is 13.8 Å². The molecule has 0 aliphatic carbocycles. The smallest absolute Gasteiger partial charge is 0.230 e. The SMILES string of the molecule is CCN(CC)c1nc(Cl)nc(-c2cc(Cl)ccc2Cl)n1. The number of hydrogen-bond acceptors (Lipinski definition) is 4. The number of hydrogen-bond donors (Lipinski definition) is 0. The van der Waals surface area contributed by atoms with Crippen LogP contribution in [0.5, 0.6) is 0 Å². The average molecular weight is 332 g/mol. The third-order valence-electron chi connectivity index (χ3n) is 2.81. The van der Waals surface area contributed by atoms with Gasteiger partial charge in [0.05, 0.1) is 5.02 Å². The highest BCUT2D eigenvalue weighted by atomic mass is 35.5. The average Bonchev–Trinajstić information content (AvgIpc) is 2.42. The Labute approximate surface area is 132 Å². The standard InChI is InChI=1S/C13H13Cl3N4/c1-3-20(4-2)13-18-11(17-12(16)19-13)9-7-8(14)5-6-10(9)15/h5-7H,3-4H2,1-2H3. The fourth-order valence-corrected chi connectivity index (χ4v) is 2.31. The summed E-state index contributed by atoms with van der Waals surface area (Å²) < 4.78 is 0. The van der Waals surface area contributed by atoms with E-state index in [4.69, 9.17) is 34.8 Å². The van der Waals surface area contributed by atoms with Gasteiger partial charge < -0.3 is 4.90 Å². The van der Waals surface area contributed by atoms with Crippen molar-refractivity contribution in [3.63, 3.8) is 0 Å². The summed E-state index contributed by atoms with van der Waals surface area (Å²) in [6.45, 7) is 5.60. The van der Waals surface area contributed by atoms with Crippen molar-refractivity contribution in [1.29, 1.82) is 0 Å². The lowest BCUT2D eigenvalue weighted by Crippen LogP contribution is -2.24. The van der Waals surface area contributed by atoms with Crippen LogP contribution in [0.3, 0.4) is 0 Å². The van der Waals surface area contributed by atoms with E-state index in [1.54, 1.807) is 18.2 Å². The molecule has 4 nitrogen and oxygen atoms in total. The first kappa shape index (κ1) is 15.3. The second-order valence-corrected chi connectivity index (χ2v) is 5.21. The molecule has 0 saturated heterocycles. The zero-order valence-electron chi connectivity index (χ0n) is 11.1. The third kappa shape index (κ3) is 3.32. The molecule has 2 rings (SSSR count). The molecule has 0 unspecified atom stereocenters. The molecule has 0 spiro atoms. The van der Waals surface area contributed by atoms with Gasteiger partial charge in [0.15, 0.2) is 5.82 Å². The lowest BCUT2D eigenvalue weighted by molar-refractivity contribution is 0.813. The summed E-state index contributed by atoms with van der Waals surface area (Å²) in [6.07, 6.45) is 0. The first-order valence-electron chi connectivity index (χ1n) is 6.17. The van der Waals surface area contributed by atoms with Gasteiger partial charge in [-0.3, -0.25) is 0 Å². The molecule has 106 valence electrons. The molecule has 0 N–H and O–H groups in total. The van der Waals surface area contributed by atoms with E-state index >= 15 is 0 Å². The van der Waals surface area contributed by atoms with Gasteiger partial charge in [-0.2, -0.15) is 15.0 Å². The zero-order chi connectivity index (χ0) is 14.7. The highest BCUT2D eigenvalue weighted by Crippen LogP contribution is 2.29. The Kier molecular flexibility index (Phi) is 5.02. The van der Waals surface area contributed by atoms with E-state index in [-0.39, 0.29) is 5.28 Å². The summed E-state index contributed by atoms with van der Waals surface area (Å²) in [6, 6.07) is 5.12. The highest BCUT2D eigenvalue weighted by molar-refractivity contribution is 6.35. The first-order valence-corrected chi connectivity index (χ1v) is 7.30. The Morgan fingerprint density at radius 1 is 1.00 bits per heavy atom. The van der Waals surface area contributed by atoms with E-state index in [0.717, 1.165) is 13.1 Å². The number of nitrogens with zero attached hydrogens (tertiary/aromatic N) is 4. The van der Waals surface area contributed by atoms with E-state index in [9.17, 15) is 0 Å². The van der Waals surface area contributed by atoms with Crippen molar-refractivity contribution in [2.75, 3.05) is 18.0 Å². The predicted molar refractivity (Wildman–Crippen MR) is 83.9 cm³/mol.